The monoisotopic (exact) mass is 423 g/mol. The Morgan fingerprint density at radius 1 is 0.844 bits per heavy atom. The van der Waals surface area contributed by atoms with Crippen molar-refractivity contribution in [1.82, 2.24) is 14.8 Å². The number of carbonyl (C=O) groups excluding carboxylic acids is 1. The molecule has 0 fully saturated rings. The summed E-state index contributed by atoms with van der Waals surface area (Å²) in [6, 6.07) is 23.2. The Kier molecular flexibility index (Phi) is 4.63. The number of aromatic nitrogens is 3. The summed E-state index contributed by atoms with van der Waals surface area (Å²) in [5, 5.41) is 14.8. The summed E-state index contributed by atoms with van der Waals surface area (Å²) in [6.45, 7) is -0.383. The Balaban J connectivity index is 1.67. The zero-order valence-corrected chi connectivity index (χ0v) is 16.8. The van der Waals surface area contributed by atoms with Crippen LogP contribution in [0, 0.1) is 0 Å². The Morgan fingerprint density at radius 3 is 2.19 bits per heavy atom. The number of H-pyrrole nitrogens is 1. The third-order valence-electron chi connectivity index (χ3n) is 5.41. The van der Waals surface area contributed by atoms with E-state index in [2.05, 4.69) is 10.1 Å². The van der Waals surface area contributed by atoms with Crippen LogP contribution in [0.15, 0.2) is 83.7 Å². The number of ketones is 1. The maximum atomic E-state index is 13.5. The number of carboxylic acids is 1. The second kappa shape index (κ2) is 7.63. The van der Waals surface area contributed by atoms with Crippen molar-refractivity contribution in [3.63, 3.8) is 0 Å². The largest absolute Gasteiger partial charge is 0.476 e. The van der Waals surface area contributed by atoms with E-state index in [1.807, 2.05) is 54.6 Å². The lowest BCUT2D eigenvalue weighted by Gasteiger charge is -2.09. The number of fused-ring (bicyclic) bond motifs is 2. The molecule has 32 heavy (non-hydrogen) atoms. The van der Waals surface area contributed by atoms with Crippen molar-refractivity contribution in [2.45, 2.75) is 6.54 Å². The van der Waals surface area contributed by atoms with Gasteiger partial charge in [0.15, 0.2) is 11.5 Å². The van der Waals surface area contributed by atoms with Crippen LogP contribution >= 0.6 is 0 Å². The molecule has 0 amide bonds. The molecular weight excluding hydrogens is 406 g/mol. The number of aromatic carboxylic acids is 1. The van der Waals surface area contributed by atoms with Gasteiger partial charge in [-0.05, 0) is 17.7 Å². The third kappa shape index (κ3) is 3.16. The van der Waals surface area contributed by atoms with E-state index in [1.54, 1.807) is 12.1 Å². The number of nitrogens with zero attached hydrogens (tertiary/aromatic N) is 2. The molecule has 0 unspecified atom stereocenters. The van der Waals surface area contributed by atoms with Crippen LogP contribution in [-0.2, 0) is 6.54 Å². The van der Waals surface area contributed by atoms with Crippen LogP contribution in [0.2, 0.25) is 0 Å². The van der Waals surface area contributed by atoms with Gasteiger partial charge in [0.05, 0.1) is 16.6 Å². The molecule has 0 atom stereocenters. The Hall–Kier alpha value is -4.52. The fourth-order valence-corrected chi connectivity index (χ4v) is 3.97. The molecule has 7 heteroatoms. The van der Waals surface area contributed by atoms with Crippen LogP contribution < -0.4 is 5.56 Å². The number of hydrogen-bond acceptors (Lipinski definition) is 4. The van der Waals surface area contributed by atoms with Crippen molar-refractivity contribution < 1.29 is 14.7 Å². The van der Waals surface area contributed by atoms with Gasteiger partial charge in [-0.2, -0.15) is 5.10 Å². The predicted molar refractivity (Wildman–Crippen MR) is 121 cm³/mol. The quantitative estimate of drug-likeness (QED) is 0.414. The molecule has 0 aliphatic carbocycles. The van der Waals surface area contributed by atoms with Crippen LogP contribution in [0.5, 0.6) is 0 Å². The average Bonchev–Trinajstić information content (AvgIpc) is 3.21. The van der Waals surface area contributed by atoms with Crippen molar-refractivity contribution in [1.29, 1.82) is 0 Å². The van der Waals surface area contributed by atoms with E-state index < -0.39 is 11.5 Å². The highest BCUT2D eigenvalue weighted by Crippen LogP contribution is 2.31. The van der Waals surface area contributed by atoms with Crippen LogP contribution in [0.1, 0.15) is 20.8 Å². The molecule has 0 spiro atoms. The van der Waals surface area contributed by atoms with Crippen LogP contribution in [0.4, 0.5) is 0 Å². The lowest BCUT2D eigenvalue weighted by atomic mass is 10.0. The number of hydrogen-bond donors (Lipinski definition) is 2. The van der Waals surface area contributed by atoms with Crippen LogP contribution in [0.3, 0.4) is 0 Å². The summed E-state index contributed by atoms with van der Waals surface area (Å²) < 4.78 is 0.935. The molecule has 0 bridgehead atoms. The van der Waals surface area contributed by atoms with Gasteiger partial charge in [0.1, 0.15) is 6.54 Å². The fraction of sp³-hybridized carbons (Fsp3) is 0.0400. The van der Waals surface area contributed by atoms with E-state index in [0.29, 0.717) is 11.3 Å². The van der Waals surface area contributed by atoms with Gasteiger partial charge in [-0.1, -0.05) is 66.7 Å². The summed E-state index contributed by atoms with van der Waals surface area (Å²) in [6.07, 6.45) is 0. The van der Waals surface area contributed by atoms with E-state index in [9.17, 15) is 19.5 Å². The van der Waals surface area contributed by atoms with Gasteiger partial charge in [0.25, 0.3) is 5.56 Å². The number of Topliss-reactive ketones (excluding diaryl/α,β-unsaturated/α-hetero) is 1. The molecule has 5 aromatic rings. The summed E-state index contributed by atoms with van der Waals surface area (Å²) in [5.74, 6) is -1.61. The molecule has 0 aliphatic heterocycles. The zero-order chi connectivity index (χ0) is 22.2. The van der Waals surface area contributed by atoms with E-state index in [-0.39, 0.29) is 28.8 Å². The standard InChI is InChI=1S/C25H17N3O4/c29-20(14-28-24(30)17-11-5-4-10-16(17)23(27-28)25(31)32)21-18-12-6-7-13-19(18)26-22(21)15-8-2-1-3-9-15/h1-13,26H,14H2,(H,31,32). The van der Waals surface area contributed by atoms with Gasteiger partial charge in [-0.15, -0.1) is 0 Å². The smallest absolute Gasteiger partial charge is 0.357 e. The Morgan fingerprint density at radius 2 is 1.47 bits per heavy atom. The van der Waals surface area contributed by atoms with E-state index in [1.165, 1.54) is 12.1 Å². The summed E-state index contributed by atoms with van der Waals surface area (Å²) in [5.41, 5.74) is 1.92. The summed E-state index contributed by atoms with van der Waals surface area (Å²) in [4.78, 5) is 41.5. The first-order chi connectivity index (χ1) is 15.5. The molecule has 0 aliphatic rings. The Bertz CT molecular complexity index is 1570. The van der Waals surface area contributed by atoms with Gasteiger partial charge in [0.2, 0.25) is 0 Å². The average molecular weight is 423 g/mol. The van der Waals surface area contributed by atoms with Crippen molar-refractivity contribution in [3.8, 4) is 11.3 Å². The summed E-state index contributed by atoms with van der Waals surface area (Å²) in [7, 11) is 0. The maximum absolute atomic E-state index is 13.5. The minimum Gasteiger partial charge on any atom is -0.476 e. The first-order valence-electron chi connectivity index (χ1n) is 9.97. The lowest BCUT2D eigenvalue weighted by molar-refractivity contribution is 0.0688. The maximum Gasteiger partial charge on any atom is 0.357 e. The van der Waals surface area contributed by atoms with Crippen LogP contribution in [-0.4, -0.2) is 31.6 Å². The number of nitrogens with one attached hydrogen (secondary N) is 1. The van der Waals surface area contributed by atoms with Gasteiger partial charge in [0, 0.05) is 16.3 Å². The molecule has 0 saturated carbocycles. The van der Waals surface area contributed by atoms with Gasteiger partial charge >= 0.3 is 5.97 Å². The van der Waals surface area contributed by atoms with E-state index >= 15 is 0 Å². The molecule has 2 N–H and O–H groups in total. The zero-order valence-electron chi connectivity index (χ0n) is 16.8. The van der Waals surface area contributed by atoms with Crippen molar-refractivity contribution in [2.75, 3.05) is 0 Å². The van der Waals surface area contributed by atoms with Gasteiger partial charge in [-0.25, -0.2) is 9.48 Å². The number of carbonyl (C=O) groups is 2. The normalized spacial score (nSPS) is 11.1. The number of benzene rings is 3. The molecule has 3 aromatic carbocycles. The first kappa shape index (κ1) is 19.4. The molecule has 7 nitrogen and oxygen atoms in total. The van der Waals surface area contributed by atoms with E-state index in [0.717, 1.165) is 21.1 Å². The molecule has 0 radical (unpaired) electrons. The van der Waals surface area contributed by atoms with Crippen molar-refractivity contribution in [2.24, 2.45) is 0 Å². The molecule has 2 heterocycles. The van der Waals surface area contributed by atoms with E-state index in [4.69, 9.17) is 0 Å². The first-order valence-corrected chi connectivity index (χ1v) is 9.97. The van der Waals surface area contributed by atoms with Crippen molar-refractivity contribution >= 4 is 33.4 Å². The molecule has 156 valence electrons. The minimum absolute atomic E-state index is 0.204. The lowest BCUT2D eigenvalue weighted by Crippen LogP contribution is -2.29. The number of aromatic amines is 1. The molecule has 2 aromatic heterocycles. The molecular formula is C25H17N3O4. The molecule has 5 rings (SSSR count). The third-order valence-corrected chi connectivity index (χ3v) is 5.41. The highest BCUT2D eigenvalue weighted by molar-refractivity contribution is 6.13. The minimum atomic E-state index is -1.26. The highest BCUT2D eigenvalue weighted by Gasteiger charge is 2.22. The fourth-order valence-electron chi connectivity index (χ4n) is 3.97. The van der Waals surface area contributed by atoms with Gasteiger partial charge in [-0.3, -0.25) is 9.59 Å². The second-order valence-corrected chi connectivity index (χ2v) is 7.37. The number of carboxylic acid groups (broad SMARTS) is 1. The molecule has 0 saturated heterocycles. The number of para-hydroxylation sites is 1. The van der Waals surface area contributed by atoms with Crippen LogP contribution in [0.25, 0.3) is 32.9 Å². The Labute approximate surface area is 181 Å². The topological polar surface area (TPSA) is 105 Å². The predicted octanol–water partition coefficient (Wildman–Crippen LogP) is 4.13. The van der Waals surface area contributed by atoms with Gasteiger partial charge < -0.3 is 10.1 Å². The number of rotatable bonds is 5. The highest BCUT2D eigenvalue weighted by atomic mass is 16.4. The van der Waals surface area contributed by atoms with Crippen molar-refractivity contribution in [3.05, 3.63) is 100 Å². The second-order valence-electron chi connectivity index (χ2n) is 7.37. The summed E-state index contributed by atoms with van der Waals surface area (Å²) >= 11 is 0. The SMILES string of the molecule is O=C(Cn1nc(C(=O)O)c2ccccc2c1=O)c1c(-c2ccccc2)[nH]c2ccccc12.